The number of ketones is 2. The summed E-state index contributed by atoms with van der Waals surface area (Å²) in [6, 6.07) is 62.3. The number of sulfone groups is 2. The van der Waals surface area contributed by atoms with Crippen LogP contribution >= 0.6 is 0 Å². The Morgan fingerprint density at radius 2 is 0.618 bits per heavy atom. The standard InChI is InChI=1S/C58H42O8S2/c1-39-6-30-53(31-7-39)67(61,62)54-32-20-44(21-33-54)40-8-12-46(13-9-40)57(59)48-4-3-5-49(38-48)58(60)47-14-10-41(11-15-47)45-22-34-55(35-23-45)68(63,64)56-36-28-52(29-37-56)66-51-26-18-43(19-27-51)42-16-24-50(65-2)25-17-42/h3-38H,1-2H3. The maximum Gasteiger partial charge on any atom is 0.206 e. The molecule has 0 aliphatic rings. The van der Waals surface area contributed by atoms with Crippen molar-refractivity contribution in [2.75, 3.05) is 7.11 Å². The van der Waals surface area contributed by atoms with E-state index in [0.29, 0.717) is 33.8 Å². The molecule has 0 aromatic heterocycles. The van der Waals surface area contributed by atoms with Crippen LogP contribution in [0.1, 0.15) is 37.4 Å². The minimum atomic E-state index is -3.82. The van der Waals surface area contributed by atoms with Crippen LogP contribution in [0.2, 0.25) is 0 Å². The summed E-state index contributed by atoms with van der Waals surface area (Å²) in [5, 5.41) is 0. The lowest BCUT2D eigenvalue weighted by molar-refractivity contribution is 0.103. The summed E-state index contributed by atoms with van der Waals surface area (Å²) < 4.78 is 64.7. The van der Waals surface area contributed by atoms with E-state index in [9.17, 15) is 26.4 Å². The molecule has 9 aromatic rings. The SMILES string of the molecule is COc1ccc(-c2ccc(Oc3ccc(S(=O)(=O)c4ccc(-c5ccc(C(=O)c6cccc(C(=O)c7ccc(-c8ccc(S(=O)(=O)c9ccc(C)cc9)cc8)cc7)c6)cc5)cc4)cc3)cc2)cc1. The van der Waals surface area contributed by atoms with E-state index in [2.05, 4.69) is 0 Å². The Hall–Kier alpha value is -8.18. The molecule has 0 N–H and O–H groups in total. The third-order valence-electron chi connectivity index (χ3n) is 11.7. The predicted octanol–water partition coefficient (Wildman–Crippen LogP) is 12.9. The summed E-state index contributed by atoms with van der Waals surface area (Å²) in [7, 11) is -5.85. The fourth-order valence-corrected chi connectivity index (χ4v) is 10.2. The van der Waals surface area contributed by atoms with Gasteiger partial charge in [0.1, 0.15) is 17.2 Å². The molecule has 0 bridgehead atoms. The molecule has 0 amide bonds. The van der Waals surface area contributed by atoms with E-state index in [1.807, 2.05) is 55.5 Å². The molecule has 68 heavy (non-hydrogen) atoms. The first kappa shape index (κ1) is 45.0. The number of hydrogen-bond acceptors (Lipinski definition) is 8. The van der Waals surface area contributed by atoms with Gasteiger partial charge < -0.3 is 9.47 Å². The van der Waals surface area contributed by atoms with Gasteiger partial charge in [0, 0.05) is 22.3 Å². The molecule has 0 atom stereocenters. The molecule has 0 heterocycles. The third kappa shape index (κ3) is 9.55. The summed E-state index contributed by atoms with van der Waals surface area (Å²) in [5.74, 6) is 1.40. The molecular weight excluding hydrogens is 889 g/mol. The van der Waals surface area contributed by atoms with Crippen LogP contribution in [0.15, 0.2) is 238 Å². The molecule has 0 fully saturated rings. The van der Waals surface area contributed by atoms with Gasteiger partial charge in [0.25, 0.3) is 0 Å². The Balaban J connectivity index is 0.814. The van der Waals surface area contributed by atoms with E-state index in [4.69, 9.17) is 9.47 Å². The molecule has 10 heteroatoms. The molecule has 0 spiro atoms. The summed E-state index contributed by atoms with van der Waals surface area (Å²) in [6.07, 6.45) is 0. The van der Waals surface area contributed by atoms with Crippen molar-refractivity contribution in [1.29, 1.82) is 0 Å². The first-order valence-corrected chi connectivity index (χ1v) is 24.5. The van der Waals surface area contributed by atoms with Crippen molar-refractivity contribution in [3.63, 3.8) is 0 Å². The second kappa shape index (κ2) is 19.0. The van der Waals surface area contributed by atoms with Gasteiger partial charge in [-0.3, -0.25) is 9.59 Å². The number of rotatable bonds is 14. The van der Waals surface area contributed by atoms with Gasteiger partial charge in [0.05, 0.1) is 26.7 Å². The zero-order chi connectivity index (χ0) is 47.4. The van der Waals surface area contributed by atoms with Gasteiger partial charge in [-0.2, -0.15) is 0 Å². The quantitative estimate of drug-likeness (QED) is 0.0989. The summed E-state index contributed by atoms with van der Waals surface area (Å²) in [6.45, 7) is 1.90. The molecule has 8 nitrogen and oxygen atoms in total. The predicted molar refractivity (Wildman–Crippen MR) is 264 cm³/mol. The molecule has 9 aromatic carbocycles. The summed E-state index contributed by atoms with van der Waals surface area (Å²) in [4.78, 5) is 27.9. The molecule has 0 radical (unpaired) electrons. The van der Waals surface area contributed by atoms with Crippen LogP contribution in [0.4, 0.5) is 0 Å². The summed E-state index contributed by atoms with van der Waals surface area (Å²) >= 11 is 0. The van der Waals surface area contributed by atoms with Gasteiger partial charge in [-0.05, 0) is 131 Å². The second-order valence-corrected chi connectivity index (χ2v) is 20.0. The average Bonchev–Trinajstić information content (AvgIpc) is 3.39. The molecule has 0 aliphatic carbocycles. The highest BCUT2D eigenvalue weighted by Gasteiger charge is 2.20. The second-order valence-electron chi connectivity index (χ2n) is 16.1. The molecule has 0 saturated carbocycles. The van der Waals surface area contributed by atoms with E-state index < -0.39 is 19.7 Å². The highest BCUT2D eigenvalue weighted by Crippen LogP contribution is 2.31. The van der Waals surface area contributed by atoms with Crippen LogP contribution in [-0.4, -0.2) is 35.5 Å². The van der Waals surface area contributed by atoms with E-state index in [0.717, 1.165) is 44.7 Å². The van der Waals surface area contributed by atoms with E-state index >= 15 is 0 Å². The maximum absolute atomic E-state index is 13.6. The number of benzene rings is 9. The molecule has 9 rings (SSSR count). The van der Waals surface area contributed by atoms with Crippen LogP contribution in [0.5, 0.6) is 17.2 Å². The normalized spacial score (nSPS) is 11.4. The molecular formula is C58H42O8S2. The first-order valence-electron chi connectivity index (χ1n) is 21.6. The molecule has 334 valence electrons. The lowest BCUT2D eigenvalue weighted by atomic mass is 9.95. The molecule has 0 aliphatic heterocycles. The number of carbonyl (C=O) groups excluding carboxylic acids is 2. The van der Waals surface area contributed by atoms with E-state index in [1.165, 1.54) is 12.1 Å². The Kier molecular flexibility index (Phi) is 12.6. The van der Waals surface area contributed by atoms with Crippen molar-refractivity contribution in [2.24, 2.45) is 0 Å². The van der Waals surface area contributed by atoms with Crippen molar-refractivity contribution in [3.05, 3.63) is 246 Å². The Morgan fingerprint density at radius 1 is 0.338 bits per heavy atom. The van der Waals surface area contributed by atoms with Crippen molar-refractivity contribution in [2.45, 2.75) is 26.5 Å². The number of carbonyl (C=O) groups is 2. The van der Waals surface area contributed by atoms with Crippen molar-refractivity contribution in [3.8, 4) is 50.6 Å². The van der Waals surface area contributed by atoms with Gasteiger partial charge in [-0.25, -0.2) is 16.8 Å². The molecule has 0 unspecified atom stereocenters. The Labute approximate surface area is 395 Å². The van der Waals surface area contributed by atoms with Gasteiger partial charge in [0.15, 0.2) is 11.6 Å². The van der Waals surface area contributed by atoms with Gasteiger partial charge in [-0.1, -0.05) is 133 Å². The van der Waals surface area contributed by atoms with E-state index in [1.54, 1.807) is 165 Å². The number of ether oxygens (including phenoxy) is 2. The zero-order valence-corrected chi connectivity index (χ0v) is 38.5. The number of methoxy groups -OCH3 is 1. The van der Waals surface area contributed by atoms with Gasteiger partial charge >= 0.3 is 0 Å². The van der Waals surface area contributed by atoms with E-state index in [-0.39, 0.29) is 31.1 Å². The lowest BCUT2D eigenvalue weighted by Crippen LogP contribution is -2.06. The first-order chi connectivity index (χ1) is 32.8. The summed E-state index contributed by atoms with van der Waals surface area (Å²) in [5.41, 5.74) is 7.79. The Morgan fingerprint density at radius 3 is 0.971 bits per heavy atom. The van der Waals surface area contributed by atoms with Crippen LogP contribution in [0, 0.1) is 6.92 Å². The van der Waals surface area contributed by atoms with Crippen LogP contribution in [0.25, 0.3) is 33.4 Å². The monoisotopic (exact) mass is 930 g/mol. The lowest BCUT2D eigenvalue weighted by Gasteiger charge is -2.10. The third-order valence-corrected chi connectivity index (χ3v) is 15.2. The smallest absolute Gasteiger partial charge is 0.206 e. The van der Waals surface area contributed by atoms with Gasteiger partial charge in [0.2, 0.25) is 19.7 Å². The largest absolute Gasteiger partial charge is 0.497 e. The van der Waals surface area contributed by atoms with Crippen LogP contribution < -0.4 is 9.47 Å². The topological polar surface area (TPSA) is 121 Å². The minimum absolute atomic E-state index is 0.133. The highest BCUT2D eigenvalue weighted by molar-refractivity contribution is 7.91. The van der Waals surface area contributed by atoms with Crippen molar-refractivity contribution < 1.29 is 35.9 Å². The van der Waals surface area contributed by atoms with Crippen molar-refractivity contribution in [1.82, 2.24) is 0 Å². The van der Waals surface area contributed by atoms with Crippen LogP contribution in [0.3, 0.4) is 0 Å². The highest BCUT2D eigenvalue weighted by atomic mass is 32.2. The van der Waals surface area contributed by atoms with Gasteiger partial charge in [-0.15, -0.1) is 0 Å². The zero-order valence-electron chi connectivity index (χ0n) is 36.9. The fourth-order valence-electron chi connectivity index (χ4n) is 7.73. The van der Waals surface area contributed by atoms with Crippen molar-refractivity contribution >= 4 is 31.2 Å². The number of hydrogen-bond donors (Lipinski definition) is 0. The fraction of sp³-hybridized carbons (Fsp3) is 0.0345. The molecule has 0 saturated heterocycles. The average molecular weight is 931 g/mol. The Bertz CT molecular complexity index is 3500. The maximum atomic E-state index is 13.6. The van der Waals surface area contributed by atoms with Crippen LogP contribution in [-0.2, 0) is 19.7 Å². The number of aryl methyl sites for hydroxylation is 1. The minimum Gasteiger partial charge on any atom is -0.497 e.